The molecule has 0 spiro atoms. The minimum Gasteiger partial charge on any atom is -0.491 e. The molecule has 0 N–H and O–H groups in total. The molecular formula is C39H38N2OS. The Balaban J connectivity index is 1.07. The largest absolute Gasteiger partial charge is 0.491 e. The van der Waals surface area contributed by atoms with Crippen LogP contribution in [0.3, 0.4) is 0 Å². The summed E-state index contributed by atoms with van der Waals surface area (Å²) in [5.41, 5.74) is 7.68. The minimum absolute atomic E-state index is 0.351. The molecule has 2 heterocycles. The van der Waals surface area contributed by atoms with Gasteiger partial charge in [-0.05, 0) is 58.9 Å². The summed E-state index contributed by atoms with van der Waals surface area (Å²) in [5.74, 6) is 1.92. The van der Waals surface area contributed by atoms with Gasteiger partial charge in [0.05, 0.1) is 11.6 Å². The molecule has 2 aliphatic heterocycles. The molecule has 4 heteroatoms. The molecule has 2 unspecified atom stereocenters. The fourth-order valence-corrected chi connectivity index (χ4v) is 8.24. The van der Waals surface area contributed by atoms with Crippen molar-refractivity contribution in [2.24, 2.45) is 0 Å². The van der Waals surface area contributed by atoms with Crippen LogP contribution < -0.4 is 9.64 Å². The van der Waals surface area contributed by atoms with Crippen molar-refractivity contribution in [2.75, 3.05) is 31.0 Å². The normalized spacial score (nSPS) is 18.5. The summed E-state index contributed by atoms with van der Waals surface area (Å²) in [6, 6.07) is 51.0. The molecule has 5 aromatic carbocycles. The molecule has 0 bridgehead atoms. The Morgan fingerprint density at radius 3 is 1.84 bits per heavy atom. The second-order valence-electron chi connectivity index (χ2n) is 11.7. The van der Waals surface area contributed by atoms with E-state index < -0.39 is 0 Å². The Kier molecular flexibility index (Phi) is 7.97. The van der Waals surface area contributed by atoms with Crippen molar-refractivity contribution in [3.8, 4) is 5.75 Å². The van der Waals surface area contributed by atoms with Gasteiger partial charge in [-0.1, -0.05) is 121 Å². The second kappa shape index (κ2) is 12.3. The van der Waals surface area contributed by atoms with Crippen LogP contribution in [0.5, 0.6) is 5.75 Å². The number of likely N-dealkylation sites (N-methyl/N-ethyl adjacent to an activating group) is 1. The highest BCUT2D eigenvalue weighted by Gasteiger charge is 2.45. The van der Waals surface area contributed by atoms with E-state index >= 15 is 0 Å². The summed E-state index contributed by atoms with van der Waals surface area (Å²) in [7, 11) is 2.17. The molecule has 0 amide bonds. The number of rotatable bonds is 9. The molecule has 0 aliphatic carbocycles. The lowest BCUT2D eigenvalue weighted by molar-refractivity contribution is 0.202. The van der Waals surface area contributed by atoms with Gasteiger partial charge in [-0.25, -0.2) is 0 Å². The quantitative estimate of drug-likeness (QED) is 0.163. The van der Waals surface area contributed by atoms with Gasteiger partial charge in [-0.2, -0.15) is 0 Å². The number of hydrogen-bond acceptors (Lipinski definition) is 4. The van der Waals surface area contributed by atoms with Gasteiger partial charge in [0.25, 0.3) is 0 Å². The highest BCUT2D eigenvalue weighted by atomic mass is 32.2. The SMILES string of the molecule is CN1c2ccccc2CC1COc1ccc(CC2CN(C(c3ccccc3)(c3ccccc3)c3ccccc3)CS2)cc1. The maximum Gasteiger partial charge on any atom is 0.119 e. The summed E-state index contributed by atoms with van der Waals surface area (Å²) in [6.07, 6.45) is 2.08. The molecule has 2 atom stereocenters. The number of benzene rings is 5. The molecule has 0 radical (unpaired) electrons. The van der Waals surface area contributed by atoms with Crippen LogP contribution in [0.2, 0.25) is 0 Å². The lowest BCUT2D eigenvalue weighted by Gasteiger charge is -2.43. The van der Waals surface area contributed by atoms with E-state index in [0.29, 0.717) is 17.9 Å². The first-order valence-corrected chi connectivity index (χ1v) is 16.3. The maximum absolute atomic E-state index is 6.27. The van der Waals surface area contributed by atoms with Crippen molar-refractivity contribution < 1.29 is 4.74 Å². The van der Waals surface area contributed by atoms with E-state index in [1.807, 2.05) is 0 Å². The number of nitrogens with zero attached hydrogens (tertiary/aromatic N) is 2. The van der Waals surface area contributed by atoms with Crippen molar-refractivity contribution >= 4 is 17.4 Å². The number of hydrogen-bond donors (Lipinski definition) is 0. The highest BCUT2D eigenvalue weighted by molar-refractivity contribution is 8.00. The standard InChI is InChI=1S/C39H38N2OS/c1-40-35(26-31-13-11-12-20-38(31)40)28-42-36-23-21-30(22-24-36)25-37-27-41(29-43-37)39(32-14-5-2-6-15-32,33-16-7-3-8-17-33)34-18-9-4-10-19-34/h2-24,35,37H,25-29H2,1H3. The van der Waals surface area contributed by atoms with Crippen molar-refractivity contribution in [1.82, 2.24) is 4.90 Å². The van der Waals surface area contributed by atoms with Crippen LogP contribution in [-0.2, 0) is 18.4 Å². The van der Waals surface area contributed by atoms with Gasteiger partial charge in [0.1, 0.15) is 12.4 Å². The Hall–Kier alpha value is -3.99. The van der Waals surface area contributed by atoms with Crippen molar-refractivity contribution in [3.63, 3.8) is 0 Å². The van der Waals surface area contributed by atoms with Crippen LogP contribution in [0.1, 0.15) is 27.8 Å². The van der Waals surface area contributed by atoms with E-state index in [2.05, 4.69) is 168 Å². The Labute approximate surface area is 260 Å². The zero-order valence-electron chi connectivity index (χ0n) is 24.7. The van der Waals surface area contributed by atoms with Crippen LogP contribution >= 0.6 is 11.8 Å². The van der Waals surface area contributed by atoms with Crippen LogP contribution in [0, 0.1) is 0 Å². The molecule has 2 aliphatic rings. The van der Waals surface area contributed by atoms with Crippen LogP contribution in [-0.4, -0.2) is 42.3 Å². The molecule has 3 nitrogen and oxygen atoms in total. The summed E-state index contributed by atoms with van der Waals surface area (Å²) in [4.78, 5) is 5.04. The third kappa shape index (κ3) is 5.46. The summed E-state index contributed by atoms with van der Waals surface area (Å²) in [6.45, 7) is 1.70. The summed E-state index contributed by atoms with van der Waals surface area (Å²) in [5, 5.41) is 0.507. The lowest BCUT2D eigenvalue weighted by Crippen LogP contribution is -2.47. The first-order valence-electron chi connectivity index (χ1n) is 15.3. The van der Waals surface area contributed by atoms with Gasteiger partial charge in [-0.15, -0.1) is 11.8 Å². The monoisotopic (exact) mass is 582 g/mol. The maximum atomic E-state index is 6.27. The predicted molar refractivity (Wildman–Crippen MR) is 180 cm³/mol. The molecule has 216 valence electrons. The molecule has 0 saturated carbocycles. The van der Waals surface area contributed by atoms with E-state index in [-0.39, 0.29) is 5.54 Å². The minimum atomic E-state index is -0.351. The first kappa shape index (κ1) is 27.8. The van der Waals surface area contributed by atoms with Gasteiger partial charge in [0.2, 0.25) is 0 Å². The van der Waals surface area contributed by atoms with Gasteiger partial charge < -0.3 is 9.64 Å². The molecule has 7 rings (SSSR count). The van der Waals surface area contributed by atoms with Crippen molar-refractivity contribution in [2.45, 2.75) is 29.7 Å². The first-order chi connectivity index (χ1) is 21.2. The Morgan fingerprint density at radius 1 is 0.698 bits per heavy atom. The van der Waals surface area contributed by atoms with Crippen molar-refractivity contribution in [1.29, 1.82) is 0 Å². The van der Waals surface area contributed by atoms with E-state index in [1.54, 1.807) is 0 Å². The average Bonchev–Trinajstić information content (AvgIpc) is 3.67. The van der Waals surface area contributed by atoms with E-state index in [0.717, 1.165) is 31.0 Å². The molecule has 0 aromatic heterocycles. The van der Waals surface area contributed by atoms with Crippen LogP contribution in [0.15, 0.2) is 140 Å². The molecule has 1 saturated heterocycles. The van der Waals surface area contributed by atoms with Crippen molar-refractivity contribution in [3.05, 3.63) is 167 Å². The zero-order valence-corrected chi connectivity index (χ0v) is 25.5. The zero-order chi connectivity index (χ0) is 29.1. The van der Waals surface area contributed by atoms with Gasteiger partial charge in [0, 0.05) is 30.4 Å². The number of para-hydroxylation sites is 1. The highest BCUT2D eigenvalue weighted by Crippen LogP contribution is 2.46. The average molecular weight is 583 g/mol. The molecular weight excluding hydrogens is 545 g/mol. The van der Waals surface area contributed by atoms with Gasteiger partial charge in [0.15, 0.2) is 0 Å². The molecule has 1 fully saturated rings. The van der Waals surface area contributed by atoms with Crippen LogP contribution in [0.25, 0.3) is 0 Å². The lowest BCUT2D eigenvalue weighted by atomic mass is 9.75. The Bertz CT molecular complexity index is 1530. The van der Waals surface area contributed by atoms with E-state index in [4.69, 9.17) is 4.74 Å². The Morgan fingerprint density at radius 2 is 1.26 bits per heavy atom. The molecule has 43 heavy (non-hydrogen) atoms. The third-order valence-corrected chi connectivity index (χ3v) is 10.4. The topological polar surface area (TPSA) is 15.7 Å². The number of thioether (sulfide) groups is 1. The third-order valence-electron chi connectivity index (χ3n) is 9.14. The second-order valence-corrected chi connectivity index (χ2v) is 13.0. The van der Waals surface area contributed by atoms with E-state index in [9.17, 15) is 0 Å². The predicted octanol–water partition coefficient (Wildman–Crippen LogP) is 8.04. The van der Waals surface area contributed by atoms with Gasteiger partial charge >= 0.3 is 0 Å². The fourth-order valence-electron chi connectivity index (χ4n) is 6.95. The summed E-state index contributed by atoms with van der Waals surface area (Å²) >= 11 is 2.07. The molecule has 5 aromatic rings. The fraction of sp³-hybridized carbons (Fsp3) is 0.231. The number of ether oxygens (including phenoxy) is 1. The van der Waals surface area contributed by atoms with E-state index in [1.165, 1.54) is 33.5 Å². The smallest absolute Gasteiger partial charge is 0.119 e. The van der Waals surface area contributed by atoms with Gasteiger partial charge in [-0.3, -0.25) is 4.90 Å². The van der Waals surface area contributed by atoms with Crippen LogP contribution in [0.4, 0.5) is 5.69 Å². The number of anilines is 1. The number of fused-ring (bicyclic) bond motifs is 1. The summed E-state index contributed by atoms with van der Waals surface area (Å²) < 4.78 is 6.27.